The molecule has 1 aliphatic heterocycles. The summed E-state index contributed by atoms with van der Waals surface area (Å²) in [7, 11) is -3.51. The van der Waals surface area contributed by atoms with Crippen LogP contribution in [0.15, 0.2) is 88.1 Å². The lowest BCUT2D eigenvalue weighted by molar-refractivity contribution is -0.164. The molecule has 148 valence electrons. The normalized spacial score (nSPS) is 19.8. The van der Waals surface area contributed by atoms with Gasteiger partial charge in [-0.05, 0) is 42.5 Å². The van der Waals surface area contributed by atoms with E-state index in [0.717, 1.165) is 17.1 Å². The Morgan fingerprint density at radius 3 is 2.48 bits per heavy atom. The first kappa shape index (κ1) is 18.9. The maximum absolute atomic E-state index is 12.3. The number of anilines is 1. The van der Waals surface area contributed by atoms with Crippen molar-refractivity contribution in [2.45, 2.75) is 17.4 Å². The number of carbonyl (C=O) groups excluding carboxylic acids is 1. The zero-order valence-electron chi connectivity index (χ0n) is 15.3. The topological polar surface area (TPSA) is 125 Å². The maximum atomic E-state index is 12.3. The van der Waals surface area contributed by atoms with E-state index in [-0.39, 0.29) is 16.8 Å². The molecule has 5 N–H and O–H groups in total. The number of nitrogens with zero attached hydrogens (tertiary/aromatic N) is 1. The zero-order chi connectivity index (χ0) is 20.4. The highest BCUT2D eigenvalue weighted by molar-refractivity contribution is 7.84. The number of hydrazone groups is 1. The number of para-hydroxylation sites is 1. The van der Waals surface area contributed by atoms with Gasteiger partial charge in [0.1, 0.15) is 16.4 Å². The Morgan fingerprint density at radius 1 is 1.07 bits per heavy atom. The largest absolute Gasteiger partial charge is 0.462 e. The highest BCUT2D eigenvalue weighted by Crippen LogP contribution is 2.27. The van der Waals surface area contributed by atoms with Crippen LogP contribution in [0.1, 0.15) is 6.42 Å². The third kappa shape index (κ3) is 4.20. The molecule has 2 aromatic rings. The highest BCUT2D eigenvalue weighted by Gasteiger charge is 2.36. The molecular weight excluding hydrogens is 392 g/mol. The summed E-state index contributed by atoms with van der Waals surface area (Å²) in [5.74, 6) is 1.22. The number of hydrogen-bond donors (Lipinski definition) is 3. The minimum atomic E-state index is -3.51. The van der Waals surface area contributed by atoms with Crippen molar-refractivity contribution in [3.8, 4) is 5.75 Å². The number of allylic oxidation sites excluding steroid dienone is 2. The predicted molar refractivity (Wildman–Crippen MR) is 107 cm³/mol. The Bertz CT molecular complexity index is 1140. The maximum Gasteiger partial charge on any atom is 0.322 e. The number of rotatable bonds is 5. The van der Waals surface area contributed by atoms with Crippen LogP contribution in [0.25, 0.3) is 0 Å². The minimum Gasteiger partial charge on any atom is -0.462 e. The second-order valence-electron chi connectivity index (χ2n) is 6.61. The van der Waals surface area contributed by atoms with Crippen LogP contribution >= 0.6 is 0 Å². The van der Waals surface area contributed by atoms with Crippen LogP contribution in [-0.2, 0) is 14.8 Å². The van der Waals surface area contributed by atoms with Crippen molar-refractivity contribution in [2.24, 2.45) is 5.10 Å². The molecule has 1 fully saturated rings. The number of nitrogens with one attached hydrogen (secondary N) is 2. The third-order valence-corrected chi connectivity index (χ3v) is 5.52. The van der Waals surface area contributed by atoms with Crippen molar-refractivity contribution in [3.05, 3.63) is 78.1 Å². The molecule has 2 aromatic carbocycles. The van der Waals surface area contributed by atoms with Gasteiger partial charge in [-0.3, -0.25) is 10.2 Å². The fraction of sp³-hybridized carbons (Fsp3) is 0.100. The minimum absolute atomic E-state index is 0.112. The molecule has 0 bridgehead atoms. The highest BCUT2D eigenvalue weighted by atomic mass is 32.2. The molecule has 0 spiro atoms. The van der Waals surface area contributed by atoms with Crippen molar-refractivity contribution in [1.29, 1.82) is 0 Å². The number of carbonyl (C=O) groups is 1. The monoisotopic (exact) mass is 411 g/mol. The second kappa shape index (κ2) is 7.53. The Morgan fingerprint density at radius 2 is 1.79 bits per heavy atom. The number of ether oxygens (including phenoxy) is 1. The van der Waals surface area contributed by atoms with Gasteiger partial charge in [0.2, 0.25) is 0 Å². The Kier molecular flexibility index (Phi) is 4.91. The quantitative estimate of drug-likeness (QED) is 0.637. The van der Waals surface area contributed by atoms with Crippen molar-refractivity contribution >= 4 is 27.3 Å². The molecule has 1 saturated heterocycles. The standard InChI is InChI=1S/C20H18N4O4S/c21-29(26,27)16-9-6-13(7-10-16)23-24-19-17-11-8-15(12-18(17)22-20(19)25)28-14-4-2-1-3-5-14/h1-11,18,23H,12H2,(H,22,25)(H2,21,26,27)/p+1. The molecule has 8 nitrogen and oxygen atoms in total. The Balaban J connectivity index is 1.50. The fourth-order valence-corrected chi connectivity index (χ4v) is 3.65. The van der Waals surface area contributed by atoms with Gasteiger partial charge in [-0.15, -0.1) is 0 Å². The molecule has 1 unspecified atom stereocenters. The van der Waals surface area contributed by atoms with Crippen LogP contribution in [0.4, 0.5) is 5.69 Å². The van der Waals surface area contributed by atoms with Gasteiger partial charge in [-0.25, -0.2) is 5.14 Å². The molecule has 0 aromatic heterocycles. The average Bonchev–Trinajstić information content (AvgIpc) is 3.01. The molecular formula is C20H19N4O4S+. The molecule has 2 aliphatic rings. The van der Waals surface area contributed by atoms with Crippen molar-refractivity contribution in [3.63, 3.8) is 0 Å². The lowest BCUT2D eigenvalue weighted by atomic mass is 9.98. The van der Waals surface area contributed by atoms with E-state index in [2.05, 4.69) is 21.0 Å². The molecule has 1 heterocycles. The summed E-state index contributed by atoms with van der Waals surface area (Å²) in [6.07, 6.45) is 4.19. The first-order chi connectivity index (χ1) is 13.9. The Labute approximate surface area is 167 Å². The molecule has 4 rings (SSSR count). The van der Waals surface area contributed by atoms with Crippen LogP contribution in [-0.4, -0.2) is 26.1 Å². The van der Waals surface area contributed by atoms with E-state index in [0.29, 0.717) is 17.8 Å². The molecule has 9 heteroatoms. The smallest absolute Gasteiger partial charge is 0.322 e. The summed E-state index contributed by atoms with van der Waals surface area (Å²) in [6.45, 7) is 0. The van der Waals surface area contributed by atoms with Gasteiger partial charge in [-0.1, -0.05) is 24.3 Å². The number of amides is 1. The van der Waals surface area contributed by atoms with Gasteiger partial charge < -0.3 is 10.1 Å². The van der Waals surface area contributed by atoms with Crippen LogP contribution in [0, 0.1) is 0 Å². The summed E-state index contributed by atoms with van der Waals surface area (Å²) >= 11 is 0. The number of fused-ring (bicyclic) bond motifs is 1. The van der Waals surface area contributed by atoms with Gasteiger partial charge in [0.05, 0.1) is 11.7 Å². The van der Waals surface area contributed by atoms with E-state index in [1.807, 2.05) is 42.5 Å². The second-order valence-corrected chi connectivity index (χ2v) is 8.31. The first-order valence-electron chi connectivity index (χ1n) is 8.87. The van der Waals surface area contributed by atoms with Gasteiger partial charge in [0.25, 0.3) is 5.91 Å². The van der Waals surface area contributed by atoms with Crippen LogP contribution in [0.3, 0.4) is 0 Å². The summed E-state index contributed by atoms with van der Waals surface area (Å²) in [6, 6.07) is 15.2. The first-order valence-corrected chi connectivity index (χ1v) is 10.5. The van der Waals surface area contributed by atoms with Gasteiger partial charge >= 0.3 is 10.0 Å². The van der Waals surface area contributed by atoms with Gasteiger partial charge in [0.15, 0.2) is 5.71 Å². The summed E-state index contributed by atoms with van der Waals surface area (Å²) < 4.78 is 28.7. The Hall–Kier alpha value is -3.43. The molecule has 29 heavy (non-hydrogen) atoms. The third-order valence-electron chi connectivity index (χ3n) is 4.53. The summed E-state index contributed by atoms with van der Waals surface area (Å²) in [4.78, 5) is 12.4. The van der Waals surface area contributed by atoms with Crippen molar-refractivity contribution < 1.29 is 23.1 Å². The molecule has 1 atom stereocenters. The lowest BCUT2D eigenvalue weighted by Gasteiger charge is -2.18. The fourth-order valence-electron chi connectivity index (χ4n) is 3.10. The molecule has 0 saturated carbocycles. The van der Waals surface area contributed by atoms with Crippen LogP contribution < -0.4 is 20.6 Å². The van der Waals surface area contributed by atoms with Crippen LogP contribution in [0.2, 0.25) is 0 Å². The lowest BCUT2D eigenvalue weighted by Crippen LogP contribution is -2.56. The van der Waals surface area contributed by atoms with Crippen molar-refractivity contribution in [2.75, 3.05) is 5.43 Å². The molecule has 1 aliphatic carbocycles. The van der Waals surface area contributed by atoms with Gasteiger partial charge in [0, 0.05) is 12.0 Å². The molecule has 0 radical (unpaired) electrons. The zero-order valence-corrected chi connectivity index (χ0v) is 16.1. The molecule has 1 amide bonds. The number of benzene rings is 2. The predicted octanol–water partition coefficient (Wildman–Crippen LogP) is 1.18. The number of sulfonamides is 1. The van der Waals surface area contributed by atoms with Crippen molar-refractivity contribution in [1.82, 2.24) is 5.32 Å². The van der Waals surface area contributed by atoms with Crippen LogP contribution in [0.5, 0.6) is 5.75 Å². The summed E-state index contributed by atoms with van der Waals surface area (Å²) in [5, 5.41) is 10.2. The van der Waals surface area contributed by atoms with E-state index in [4.69, 9.17) is 4.74 Å². The van der Waals surface area contributed by atoms with E-state index in [9.17, 15) is 13.2 Å². The average molecular weight is 411 g/mol. The van der Waals surface area contributed by atoms with E-state index in [1.54, 1.807) is 12.1 Å². The van der Waals surface area contributed by atoms with E-state index >= 15 is 0 Å². The summed E-state index contributed by atoms with van der Waals surface area (Å²) in [5.41, 5.74) is 4.42. The van der Waals surface area contributed by atoms with Gasteiger partial charge in [-0.2, -0.15) is 13.5 Å². The van der Waals surface area contributed by atoms with E-state index in [1.165, 1.54) is 12.1 Å². The SMILES string of the molecule is [NH3+]S(=O)(=O)c1ccc(NN=C2C(=O)NC3CC(Oc4ccccc4)=CC=C23)cc1. The van der Waals surface area contributed by atoms with E-state index < -0.39 is 10.0 Å². The number of hydrogen-bond acceptors (Lipinski definition) is 6. The number of quaternary nitrogens is 1.